The lowest BCUT2D eigenvalue weighted by atomic mass is 10.1. The minimum Gasteiger partial charge on any atom is -0.382 e. The number of hydrogen-bond acceptors (Lipinski definition) is 5. The zero-order valence-corrected chi connectivity index (χ0v) is 14.1. The molecule has 0 radical (unpaired) electrons. The lowest BCUT2D eigenvalue weighted by molar-refractivity contribution is -0.120. The molecule has 8 nitrogen and oxygen atoms in total. The Balaban J connectivity index is 1.80. The Hall–Kier alpha value is -3.41. The van der Waals surface area contributed by atoms with Crippen LogP contribution in [0.4, 0.5) is 10.1 Å². The number of nitriles is 1. The van der Waals surface area contributed by atoms with Crippen LogP contribution in [0, 0.1) is 24.1 Å². The number of benzene rings is 1. The summed E-state index contributed by atoms with van der Waals surface area (Å²) < 4.78 is 13.5. The molecule has 0 unspecified atom stereocenters. The Kier molecular flexibility index (Phi) is 6.27. The average Bonchev–Trinajstić information content (AvgIpc) is 2.58. The number of aromatic amines is 2. The lowest BCUT2D eigenvalue weighted by Gasteiger charge is -2.10. The van der Waals surface area contributed by atoms with Crippen molar-refractivity contribution in [3.05, 3.63) is 61.7 Å². The Morgan fingerprint density at radius 1 is 1.27 bits per heavy atom. The Labute approximate surface area is 148 Å². The van der Waals surface area contributed by atoms with Crippen LogP contribution in [0.15, 0.2) is 27.8 Å². The molecule has 1 aromatic carbocycles. The number of rotatable bonds is 7. The summed E-state index contributed by atoms with van der Waals surface area (Å²) >= 11 is 0. The molecule has 0 saturated heterocycles. The number of anilines is 1. The molecular weight excluding hydrogens is 341 g/mol. The van der Waals surface area contributed by atoms with E-state index in [1.807, 2.05) is 0 Å². The van der Waals surface area contributed by atoms with Gasteiger partial charge in [-0.25, -0.2) is 9.18 Å². The highest BCUT2D eigenvalue weighted by Gasteiger charge is 2.09. The first-order chi connectivity index (χ1) is 12.4. The van der Waals surface area contributed by atoms with E-state index >= 15 is 0 Å². The minimum atomic E-state index is -0.608. The van der Waals surface area contributed by atoms with Gasteiger partial charge in [-0.15, -0.1) is 0 Å². The lowest BCUT2D eigenvalue weighted by Crippen LogP contribution is -2.31. The highest BCUT2D eigenvalue weighted by atomic mass is 19.1. The van der Waals surface area contributed by atoms with Gasteiger partial charge in [0.05, 0.1) is 5.69 Å². The first-order valence-electron chi connectivity index (χ1n) is 7.93. The largest absolute Gasteiger partial charge is 0.382 e. The van der Waals surface area contributed by atoms with Gasteiger partial charge in [-0.05, 0) is 25.5 Å². The van der Waals surface area contributed by atoms with Crippen molar-refractivity contribution in [3.8, 4) is 6.07 Å². The summed E-state index contributed by atoms with van der Waals surface area (Å²) in [6.07, 6.45) is 0.277. The number of nitrogens with one attached hydrogen (secondary N) is 4. The van der Waals surface area contributed by atoms with E-state index in [-0.39, 0.29) is 30.9 Å². The summed E-state index contributed by atoms with van der Waals surface area (Å²) in [4.78, 5) is 39.3. The number of halogens is 1. The summed E-state index contributed by atoms with van der Waals surface area (Å²) in [6.45, 7) is 2.17. The second kappa shape index (κ2) is 8.62. The number of H-pyrrole nitrogens is 2. The van der Waals surface area contributed by atoms with Gasteiger partial charge in [0.2, 0.25) is 5.91 Å². The van der Waals surface area contributed by atoms with E-state index in [9.17, 15) is 18.8 Å². The maximum absolute atomic E-state index is 13.5. The molecule has 1 aromatic heterocycles. The van der Waals surface area contributed by atoms with Crippen LogP contribution < -0.4 is 21.9 Å². The van der Waals surface area contributed by atoms with E-state index in [0.29, 0.717) is 23.5 Å². The Morgan fingerprint density at radius 3 is 2.73 bits per heavy atom. The number of aryl methyl sites for hydroxylation is 1. The topological polar surface area (TPSA) is 131 Å². The standard InChI is InChI=1S/C17H18FN5O3/c1-10-11(16(25)23-17(26)22-10)5-6-15(24)21-8-7-20-14-4-2-3-13(18)12(14)9-19/h2-4,20H,5-8H2,1H3,(H,21,24)(H2,22,23,25,26). The van der Waals surface area contributed by atoms with Crippen LogP contribution in [0.5, 0.6) is 0 Å². The fraction of sp³-hybridized carbons (Fsp3) is 0.294. The third kappa shape index (κ3) is 4.80. The van der Waals surface area contributed by atoms with E-state index in [1.54, 1.807) is 19.1 Å². The molecule has 0 spiro atoms. The van der Waals surface area contributed by atoms with Gasteiger partial charge in [0, 0.05) is 30.8 Å². The summed E-state index contributed by atoms with van der Waals surface area (Å²) in [7, 11) is 0. The van der Waals surface area contributed by atoms with E-state index in [4.69, 9.17) is 5.26 Å². The summed E-state index contributed by atoms with van der Waals surface area (Å²) in [5.74, 6) is -0.875. The SMILES string of the molecule is Cc1[nH]c(=O)[nH]c(=O)c1CCC(=O)NCCNc1cccc(F)c1C#N. The van der Waals surface area contributed by atoms with E-state index in [1.165, 1.54) is 12.1 Å². The Morgan fingerprint density at radius 2 is 2.04 bits per heavy atom. The zero-order valence-electron chi connectivity index (χ0n) is 14.1. The van der Waals surface area contributed by atoms with Gasteiger partial charge >= 0.3 is 5.69 Å². The van der Waals surface area contributed by atoms with Crippen molar-refractivity contribution in [2.45, 2.75) is 19.8 Å². The Bertz CT molecular complexity index is 958. The molecule has 26 heavy (non-hydrogen) atoms. The highest BCUT2D eigenvalue weighted by molar-refractivity contribution is 5.76. The molecule has 0 saturated carbocycles. The van der Waals surface area contributed by atoms with Crippen molar-refractivity contribution in [1.82, 2.24) is 15.3 Å². The van der Waals surface area contributed by atoms with Gasteiger partial charge in [0.25, 0.3) is 5.56 Å². The van der Waals surface area contributed by atoms with Gasteiger partial charge in [0.15, 0.2) is 0 Å². The zero-order chi connectivity index (χ0) is 19.1. The number of aromatic nitrogens is 2. The third-order valence-electron chi connectivity index (χ3n) is 3.74. The van der Waals surface area contributed by atoms with Gasteiger partial charge < -0.3 is 15.6 Å². The molecule has 136 valence electrons. The first-order valence-corrected chi connectivity index (χ1v) is 7.93. The molecule has 0 aliphatic rings. The first kappa shape index (κ1) is 18.9. The fourth-order valence-corrected chi connectivity index (χ4v) is 2.44. The minimum absolute atomic E-state index is 0.0772. The van der Waals surface area contributed by atoms with Crippen LogP contribution >= 0.6 is 0 Å². The number of hydrogen-bond donors (Lipinski definition) is 4. The summed E-state index contributed by atoms with van der Waals surface area (Å²) in [6, 6.07) is 6.05. The quantitative estimate of drug-likeness (QED) is 0.536. The molecule has 0 fully saturated rings. The predicted octanol–water partition coefficient (Wildman–Crippen LogP) is 0.543. The maximum atomic E-state index is 13.5. The molecule has 2 aromatic rings. The molecular formula is C17H18FN5O3. The molecule has 9 heteroatoms. The number of amides is 1. The van der Waals surface area contributed by atoms with Crippen molar-refractivity contribution in [2.24, 2.45) is 0 Å². The number of carbonyl (C=O) groups excluding carboxylic acids is 1. The van der Waals surface area contributed by atoms with E-state index in [2.05, 4.69) is 20.6 Å². The summed E-state index contributed by atoms with van der Waals surface area (Å²) in [5, 5.41) is 14.5. The molecule has 0 aliphatic carbocycles. The molecule has 0 atom stereocenters. The smallest absolute Gasteiger partial charge is 0.325 e. The molecule has 1 heterocycles. The average molecular weight is 359 g/mol. The van der Waals surface area contributed by atoms with Gasteiger partial charge in [-0.1, -0.05) is 6.07 Å². The van der Waals surface area contributed by atoms with E-state index in [0.717, 1.165) is 0 Å². The monoisotopic (exact) mass is 359 g/mol. The van der Waals surface area contributed by atoms with Gasteiger partial charge in [0.1, 0.15) is 17.4 Å². The molecule has 0 bridgehead atoms. The molecule has 2 rings (SSSR count). The van der Waals surface area contributed by atoms with Crippen molar-refractivity contribution in [1.29, 1.82) is 5.26 Å². The van der Waals surface area contributed by atoms with Crippen molar-refractivity contribution in [2.75, 3.05) is 18.4 Å². The van der Waals surface area contributed by atoms with Crippen LogP contribution in [-0.2, 0) is 11.2 Å². The van der Waals surface area contributed by atoms with Gasteiger partial charge in [-0.3, -0.25) is 14.6 Å². The molecule has 1 amide bonds. The molecule has 4 N–H and O–H groups in total. The van der Waals surface area contributed by atoms with Crippen molar-refractivity contribution < 1.29 is 9.18 Å². The normalized spacial score (nSPS) is 10.2. The van der Waals surface area contributed by atoms with Crippen LogP contribution in [0.25, 0.3) is 0 Å². The second-order valence-corrected chi connectivity index (χ2v) is 5.56. The fourth-order valence-electron chi connectivity index (χ4n) is 2.44. The maximum Gasteiger partial charge on any atom is 0.325 e. The van der Waals surface area contributed by atoms with Crippen LogP contribution in [0.1, 0.15) is 23.2 Å². The predicted molar refractivity (Wildman–Crippen MR) is 93.4 cm³/mol. The highest BCUT2D eigenvalue weighted by Crippen LogP contribution is 2.17. The van der Waals surface area contributed by atoms with Crippen LogP contribution in [0.2, 0.25) is 0 Å². The third-order valence-corrected chi connectivity index (χ3v) is 3.74. The van der Waals surface area contributed by atoms with Crippen molar-refractivity contribution >= 4 is 11.6 Å². The second-order valence-electron chi connectivity index (χ2n) is 5.56. The van der Waals surface area contributed by atoms with Crippen LogP contribution in [0.3, 0.4) is 0 Å². The van der Waals surface area contributed by atoms with E-state index < -0.39 is 17.1 Å². The number of carbonyl (C=O) groups is 1. The van der Waals surface area contributed by atoms with Crippen molar-refractivity contribution in [3.63, 3.8) is 0 Å². The summed E-state index contributed by atoms with van der Waals surface area (Å²) in [5.41, 5.74) is -0.0138. The molecule has 0 aliphatic heterocycles. The number of nitrogens with zero attached hydrogens (tertiary/aromatic N) is 1. The van der Waals surface area contributed by atoms with Gasteiger partial charge in [-0.2, -0.15) is 5.26 Å². The van der Waals surface area contributed by atoms with Crippen LogP contribution in [-0.4, -0.2) is 29.0 Å².